The number of aryl methyl sites for hydroxylation is 1. The minimum atomic E-state index is -0.771. The molecule has 0 radical (unpaired) electrons. The molecular weight excluding hydrogens is 427 g/mol. The van der Waals surface area contributed by atoms with Crippen molar-refractivity contribution in [3.63, 3.8) is 0 Å². The molecule has 7 nitrogen and oxygen atoms in total. The fourth-order valence-electron chi connectivity index (χ4n) is 2.96. The Bertz CT molecular complexity index is 1260. The lowest BCUT2D eigenvalue weighted by Gasteiger charge is -2.13. The summed E-state index contributed by atoms with van der Waals surface area (Å²) >= 11 is 12.4. The van der Waals surface area contributed by atoms with E-state index in [1.165, 1.54) is 0 Å². The van der Waals surface area contributed by atoms with E-state index in [0.717, 1.165) is 27.7 Å². The zero-order valence-corrected chi connectivity index (χ0v) is 17.6. The van der Waals surface area contributed by atoms with Gasteiger partial charge in [0.25, 0.3) is 11.5 Å². The molecule has 0 aliphatic heterocycles. The SMILES string of the molecule is Cc1ccc(-n2nc(C(=O)NC3CC3)c(=O)n(Cc3ccccc3Cl)c2=O)cc1Cl. The maximum absolute atomic E-state index is 13.2. The molecule has 9 heteroatoms. The highest BCUT2D eigenvalue weighted by atomic mass is 35.5. The Balaban J connectivity index is 1.90. The third-order valence-corrected chi connectivity index (χ3v) is 5.65. The van der Waals surface area contributed by atoms with Crippen LogP contribution in [0, 0.1) is 6.92 Å². The number of aromatic nitrogens is 3. The van der Waals surface area contributed by atoms with Crippen molar-refractivity contribution in [1.29, 1.82) is 0 Å². The van der Waals surface area contributed by atoms with Crippen molar-refractivity contribution < 1.29 is 4.79 Å². The first kappa shape index (κ1) is 20.4. The lowest BCUT2D eigenvalue weighted by Crippen LogP contribution is -2.46. The van der Waals surface area contributed by atoms with Crippen molar-refractivity contribution in [2.45, 2.75) is 32.4 Å². The number of carbonyl (C=O) groups excluding carboxylic acids is 1. The summed E-state index contributed by atoms with van der Waals surface area (Å²) < 4.78 is 1.98. The smallest absolute Gasteiger partial charge is 0.348 e. The summed E-state index contributed by atoms with van der Waals surface area (Å²) in [5, 5.41) is 7.69. The van der Waals surface area contributed by atoms with Crippen LogP contribution in [0.25, 0.3) is 5.69 Å². The molecule has 1 aliphatic rings. The van der Waals surface area contributed by atoms with Crippen molar-refractivity contribution in [2.24, 2.45) is 0 Å². The second-order valence-corrected chi connectivity index (χ2v) is 8.02. The zero-order valence-electron chi connectivity index (χ0n) is 16.1. The largest absolute Gasteiger partial charge is 0.352 e. The van der Waals surface area contributed by atoms with Gasteiger partial charge in [0, 0.05) is 16.1 Å². The van der Waals surface area contributed by atoms with E-state index >= 15 is 0 Å². The van der Waals surface area contributed by atoms with Crippen LogP contribution in [-0.4, -0.2) is 26.3 Å². The fourth-order valence-corrected chi connectivity index (χ4v) is 3.33. The molecule has 1 saturated carbocycles. The first-order valence-electron chi connectivity index (χ1n) is 9.40. The molecule has 1 aliphatic carbocycles. The molecule has 1 heterocycles. The van der Waals surface area contributed by atoms with E-state index in [0.29, 0.717) is 21.3 Å². The third kappa shape index (κ3) is 4.04. The summed E-state index contributed by atoms with van der Waals surface area (Å²) in [5.41, 5.74) is -0.0688. The first-order chi connectivity index (χ1) is 14.3. The van der Waals surface area contributed by atoms with Gasteiger partial charge in [0.1, 0.15) is 0 Å². The van der Waals surface area contributed by atoms with E-state index in [-0.39, 0.29) is 18.3 Å². The Kier molecular flexibility index (Phi) is 5.49. The molecule has 0 atom stereocenters. The normalized spacial score (nSPS) is 13.3. The number of hydrogen-bond donors (Lipinski definition) is 1. The Labute approximate surface area is 181 Å². The van der Waals surface area contributed by atoms with Gasteiger partial charge >= 0.3 is 5.69 Å². The maximum Gasteiger partial charge on any atom is 0.352 e. The van der Waals surface area contributed by atoms with E-state index < -0.39 is 17.2 Å². The molecule has 3 aromatic rings. The predicted octanol–water partition coefficient (Wildman–Crippen LogP) is 2.95. The Morgan fingerprint density at radius 1 is 1.13 bits per heavy atom. The van der Waals surface area contributed by atoms with E-state index in [1.54, 1.807) is 42.5 Å². The molecule has 154 valence electrons. The summed E-state index contributed by atoms with van der Waals surface area (Å²) in [4.78, 5) is 38.8. The van der Waals surface area contributed by atoms with Gasteiger partial charge < -0.3 is 5.32 Å². The molecule has 1 amide bonds. The van der Waals surface area contributed by atoms with Crippen LogP contribution in [0.2, 0.25) is 10.0 Å². The van der Waals surface area contributed by atoms with Crippen LogP contribution < -0.4 is 16.6 Å². The van der Waals surface area contributed by atoms with Gasteiger partial charge in [-0.15, -0.1) is 0 Å². The van der Waals surface area contributed by atoms with Crippen molar-refractivity contribution in [2.75, 3.05) is 0 Å². The second-order valence-electron chi connectivity index (χ2n) is 7.21. The summed E-state index contributed by atoms with van der Waals surface area (Å²) in [6.45, 7) is 1.73. The zero-order chi connectivity index (χ0) is 21.4. The lowest BCUT2D eigenvalue weighted by molar-refractivity contribution is 0.0941. The maximum atomic E-state index is 13.2. The number of benzene rings is 2. The predicted molar refractivity (Wildman–Crippen MR) is 115 cm³/mol. The Hall–Kier alpha value is -2.90. The summed E-state index contributed by atoms with van der Waals surface area (Å²) in [5.74, 6) is -0.609. The van der Waals surface area contributed by atoms with Crippen molar-refractivity contribution in [3.8, 4) is 5.69 Å². The van der Waals surface area contributed by atoms with Crippen molar-refractivity contribution in [1.82, 2.24) is 19.7 Å². The molecule has 30 heavy (non-hydrogen) atoms. The molecular formula is C21H18Cl2N4O3. The number of carbonyl (C=O) groups is 1. The Morgan fingerprint density at radius 2 is 1.87 bits per heavy atom. The minimum absolute atomic E-state index is 0.0323. The number of nitrogens with one attached hydrogen (secondary N) is 1. The minimum Gasteiger partial charge on any atom is -0.348 e. The van der Waals surface area contributed by atoms with Gasteiger partial charge in [0.2, 0.25) is 5.69 Å². The molecule has 1 fully saturated rings. The van der Waals surface area contributed by atoms with Crippen LogP contribution in [0.5, 0.6) is 0 Å². The summed E-state index contributed by atoms with van der Waals surface area (Å²) in [7, 11) is 0. The van der Waals surface area contributed by atoms with Gasteiger partial charge in [-0.1, -0.05) is 47.5 Å². The van der Waals surface area contributed by atoms with Gasteiger partial charge in [-0.25, -0.2) is 4.79 Å². The second kappa shape index (κ2) is 8.08. The van der Waals surface area contributed by atoms with Gasteiger partial charge in [0.05, 0.1) is 12.2 Å². The standard InChI is InChI=1S/C21H18Cl2N4O3/c1-12-6-9-15(10-17(12)23)27-21(30)26(11-13-4-2-3-5-16(13)22)20(29)18(25-27)19(28)24-14-7-8-14/h2-6,9-10,14H,7-8,11H2,1H3,(H,24,28). The van der Waals surface area contributed by atoms with Crippen LogP contribution in [0.15, 0.2) is 52.1 Å². The van der Waals surface area contributed by atoms with Crippen LogP contribution >= 0.6 is 23.2 Å². The monoisotopic (exact) mass is 444 g/mol. The lowest BCUT2D eigenvalue weighted by atomic mass is 10.2. The number of halogens is 2. The average Bonchev–Trinajstić information content (AvgIpc) is 3.53. The van der Waals surface area contributed by atoms with Gasteiger partial charge in [0.15, 0.2) is 0 Å². The number of rotatable bonds is 5. The van der Waals surface area contributed by atoms with Crippen LogP contribution in [0.3, 0.4) is 0 Å². The van der Waals surface area contributed by atoms with E-state index in [2.05, 4.69) is 10.4 Å². The van der Waals surface area contributed by atoms with Gasteiger partial charge in [-0.3, -0.25) is 14.2 Å². The van der Waals surface area contributed by atoms with E-state index in [1.807, 2.05) is 6.92 Å². The number of hydrogen-bond acceptors (Lipinski definition) is 4. The molecule has 1 aromatic heterocycles. The van der Waals surface area contributed by atoms with E-state index in [4.69, 9.17) is 23.2 Å². The third-order valence-electron chi connectivity index (χ3n) is 4.87. The topological polar surface area (TPSA) is 86.0 Å². The molecule has 0 spiro atoms. The van der Waals surface area contributed by atoms with Crippen LogP contribution in [-0.2, 0) is 6.54 Å². The Morgan fingerprint density at radius 3 is 2.53 bits per heavy atom. The highest BCUT2D eigenvalue weighted by molar-refractivity contribution is 6.31. The van der Waals surface area contributed by atoms with Crippen molar-refractivity contribution in [3.05, 3.63) is 90.2 Å². The number of nitrogens with zero attached hydrogens (tertiary/aromatic N) is 3. The molecule has 0 saturated heterocycles. The van der Waals surface area contributed by atoms with E-state index in [9.17, 15) is 14.4 Å². The molecule has 0 bridgehead atoms. The first-order valence-corrected chi connectivity index (χ1v) is 10.2. The molecule has 1 N–H and O–H groups in total. The highest BCUT2D eigenvalue weighted by Crippen LogP contribution is 2.20. The van der Waals surface area contributed by atoms with Gasteiger partial charge in [-0.2, -0.15) is 9.78 Å². The van der Waals surface area contributed by atoms with Gasteiger partial charge in [-0.05, 0) is 49.1 Å². The van der Waals surface area contributed by atoms with Crippen molar-refractivity contribution >= 4 is 29.1 Å². The highest BCUT2D eigenvalue weighted by Gasteiger charge is 2.27. The molecule has 4 rings (SSSR count). The van der Waals surface area contributed by atoms with Crippen LogP contribution in [0.1, 0.15) is 34.5 Å². The average molecular weight is 445 g/mol. The number of amides is 1. The molecule has 2 aromatic carbocycles. The summed E-state index contributed by atoms with van der Waals surface area (Å²) in [6.07, 6.45) is 1.71. The molecule has 0 unspecified atom stereocenters. The fraction of sp³-hybridized carbons (Fsp3) is 0.238. The van der Waals surface area contributed by atoms with Crippen LogP contribution in [0.4, 0.5) is 0 Å². The summed E-state index contributed by atoms with van der Waals surface area (Å²) in [6, 6.07) is 11.9. The quantitative estimate of drug-likeness (QED) is 0.655.